The fourth-order valence-electron chi connectivity index (χ4n) is 3.05. The number of rotatable bonds is 3. The van der Waals surface area contributed by atoms with Gasteiger partial charge in [-0.15, -0.1) is 0 Å². The Morgan fingerprint density at radius 3 is 2.92 bits per heavy atom. The molecule has 0 unspecified atom stereocenters. The summed E-state index contributed by atoms with van der Waals surface area (Å²) in [6, 6.07) is 3.58. The van der Waals surface area contributed by atoms with Crippen molar-refractivity contribution in [2.24, 2.45) is 0 Å². The highest BCUT2D eigenvalue weighted by Crippen LogP contribution is 2.39. The van der Waals surface area contributed by atoms with Crippen LogP contribution in [0.4, 0.5) is 4.79 Å². The number of esters is 1. The van der Waals surface area contributed by atoms with Gasteiger partial charge in [0.15, 0.2) is 0 Å². The van der Waals surface area contributed by atoms with Gasteiger partial charge < -0.3 is 19.9 Å². The van der Waals surface area contributed by atoms with E-state index in [0.29, 0.717) is 34.3 Å². The van der Waals surface area contributed by atoms with E-state index in [2.05, 4.69) is 20.0 Å². The molecule has 0 fully saturated rings. The molecular weight excluding hydrogens is 379 g/mol. The number of fused-ring (bicyclic) bond motifs is 1. The van der Waals surface area contributed by atoms with Crippen LogP contribution in [0.2, 0.25) is 10.0 Å². The lowest BCUT2D eigenvalue weighted by atomic mass is 9.96. The number of H-pyrrole nitrogens is 1. The summed E-state index contributed by atoms with van der Waals surface area (Å²) in [6.07, 6.45) is 2.21. The molecule has 0 spiro atoms. The molecule has 2 aromatic rings. The van der Waals surface area contributed by atoms with Crippen LogP contribution < -0.4 is 5.32 Å². The molecule has 2 heterocycles. The first-order valence-electron chi connectivity index (χ1n) is 8.05. The Labute approximate surface area is 160 Å². The summed E-state index contributed by atoms with van der Waals surface area (Å²) >= 11 is 12.6. The molecule has 2 atom stereocenters. The molecule has 26 heavy (non-hydrogen) atoms. The predicted molar refractivity (Wildman–Crippen MR) is 97.3 cm³/mol. The minimum absolute atomic E-state index is 0.369. The molecule has 0 saturated carbocycles. The topological polar surface area (TPSA) is 87.3 Å². The Balaban J connectivity index is 1.97. The van der Waals surface area contributed by atoms with Crippen molar-refractivity contribution in [3.63, 3.8) is 0 Å². The zero-order chi connectivity index (χ0) is 18.8. The van der Waals surface area contributed by atoms with Crippen molar-refractivity contribution in [2.75, 3.05) is 13.7 Å². The largest absolute Gasteiger partial charge is 0.467 e. The molecule has 2 amide bonds. The second-order valence-corrected chi connectivity index (χ2v) is 6.73. The van der Waals surface area contributed by atoms with Crippen molar-refractivity contribution in [2.45, 2.75) is 25.4 Å². The number of urea groups is 1. The zero-order valence-electron chi connectivity index (χ0n) is 14.3. The van der Waals surface area contributed by atoms with Crippen molar-refractivity contribution in [3.05, 3.63) is 51.5 Å². The van der Waals surface area contributed by atoms with Gasteiger partial charge in [0.2, 0.25) is 0 Å². The molecule has 1 aromatic carbocycles. The van der Waals surface area contributed by atoms with Crippen LogP contribution >= 0.6 is 23.2 Å². The third kappa shape index (κ3) is 3.37. The van der Waals surface area contributed by atoms with Gasteiger partial charge in [0.25, 0.3) is 0 Å². The Kier molecular flexibility index (Phi) is 5.38. The summed E-state index contributed by atoms with van der Waals surface area (Å²) in [5.41, 5.74) is 2.32. The quantitative estimate of drug-likeness (QED) is 0.780. The van der Waals surface area contributed by atoms with Crippen LogP contribution in [0.25, 0.3) is 0 Å². The van der Waals surface area contributed by atoms with Crippen molar-refractivity contribution < 1.29 is 14.3 Å². The average molecular weight is 397 g/mol. The summed E-state index contributed by atoms with van der Waals surface area (Å²) in [5.74, 6) is -0.520. The van der Waals surface area contributed by atoms with Crippen LogP contribution in [0.5, 0.6) is 0 Å². The molecule has 0 aliphatic carbocycles. The molecule has 1 aliphatic heterocycles. The number of imidazole rings is 1. The molecule has 2 N–H and O–H groups in total. The number of hydrogen-bond acceptors (Lipinski definition) is 4. The number of aromatic amines is 1. The zero-order valence-corrected chi connectivity index (χ0v) is 15.8. The van der Waals surface area contributed by atoms with E-state index >= 15 is 0 Å². The number of halogens is 2. The number of nitrogens with one attached hydrogen (secondary N) is 2. The van der Waals surface area contributed by atoms with Crippen LogP contribution in [0.15, 0.2) is 24.5 Å². The lowest BCUT2D eigenvalue weighted by Crippen LogP contribution is -2.50. The van der Waals surface area contributed by atoms with Gasteiger partial charge in [-0.3, -0.25) is 0 Å². The van der Waals surface area contributed by atoms with E-state index < -0.39 is 24.1 Å². The Hall–Kier alpha value is -2.25. The van der Waals surface area contributed by atoms with E-state index in [1.54, 1.807) is 30.3 Å². The van der Waals surface area contributed by atoms with E-state index in [0.717, 1.165) is 5.69 Å². The van der Waals surface area contributed by atoms with Gasteiger partial charge in [-0.2, -0.15) is 0 Å². The smallest absolute Gasteiger partial charge is 0.328 e. The minimum Gasteiger partial charge on any atom is -0.467 e. The average Bonchev–Trinajstić information content (AvgIpc) is 3.11. The van der Waals surface area contributed by atoms with Crippen LogP contribution in [-0.4, -0.2) is 46.6 Å². The highest BCUT2D eigenvalue weighted by molar-refractivity contribution is 6.42. The van der Waals surface area contributed by atoms with Crippen LogP contribution in [0.3, 0.4) is 0 Å². The van der Waals surface area contributed by atoms with Gasteiger partial charge in [-0.05, 0) is 13.0 Å². The van der Waals surface area contributed by atoms with E-state index in [9.17, 15) is 9.59 Å². The molecule has 3 rings (SSSR count). The number of amides is 2. The third-order valence-corrected chi connectivity index (χ3v) is 5.19. The Morgan fingerprint density at radius 1 is 1.42 bits per heavy atom. The summed E-state index contributed by atoms with van der Waals surface area (Å²) in [5, 5.41) is 3.42. The molecule has 1 aromatic heterocycles. The lowest BCUT2D eigenvalue weighted by molar-refractivity contribution is -0.142. The highest BCUT2D eigenvalue weighted by atomic mass is 35.5. The number of benzene rings is 1. The van der Waals surface area contributed by atoms with Gasteiger partial charge in [0.05, 0.1) is 29.2 Å². The number of ether oxygens (including phenoxy) is 1. The Bertz CT molecular complexity index is 839. The number of carbonyl (C=O) groups is 2. The molecule has 138 valence electrons. The second-order valence-electron chi connectivity index (χ2n) is 5.95. The molecule has 0 saturated heterocycles. The monoisotopic (exact) mass is 396 g/mol. The first kappa shape index (κ1) is 18.5. The number of carbonyl (C=O) groups excluding carboxylic acids is 2. The molecule has 1 aliphatic rings. The van der Waals surface area contributed by atoms with E-state index in [1.807, 2.05) is 6.07 Å². The molecule has 9 heteroatoms. The van der Waals surface area contributed by atoms with Gasteiger partial charge in [-0.1, -0.05) is 35.3 Å². The predicted octanol–water partition coefficient (Wildman–Crippen LogP) is 2.94. The van der Waals surface area contributed by atoms with Crippen LogP contribution in [0, 0.1) is 0 Å². The van der Waals surface area contributed by atoms with Gasteiger partial charge in [0, 0.05) is 24.2 Å². The van der Waals surface area contributed by atoms with Gasteiger partial charge >= 0.3 is 12.0 Å². The summed E-state index contributed by atoms with van der Waals surface area (Å²) in [4.78, 5) is 33.5. The maximum atomic E-state index is 12.8. The number of methoxy groups -OCH3 is 1. The SMILES string of the molecule is COC(=O)[C@@H](C)NC(=O)N1CCc2[nH]cnc2[C@H]1c1cccc(Cl)c1Cl. The molecule has 7 nitrogen and oxygen atoms in total. The summed E-state index contributed by atoms with van der Waals surface area (Å²) in [6.45, 7) is 2.00. The van der Waals surface area contributed by atoms with Crippen LogP contribution in [-0.2, 0) is 16.0 Å². The summed E-state index contributed by atoms with van der Waals surface area (Å²) in [7, 11) is 1.27. The maximum Gasteiger partial charge on any atom is 0.328 e. The number of hydrogen-bond donors (Lipinski definition) is 2. The first-order valence-corrected chi connectivity index (χ1v) is 8.80. The van der Waals surface area contributed by atoms with E-state index in [-0.39, 0.29) is 0 Å². The molecule has 0 bridgehead atoms. The minimum atomic E-state index is -0.774. The van der Waals surface area contributed by atoms with E-state index in [4.69, 9.17) is 23.2 Å². The van der Waals surface area contributed by atoms with Crippen molar-refractivity contribution in [1.29, 1.82) is 0 Å². The highest BCUT2D eigenvalue weighted by Gasteiger charge is 2.36. The molecule has 0 radical (unpaired) electrons. The molecular formula is C17H18Cl2N4O3. The van der Waals surface area contributed by atoms with Crippen LogP contribution in [0.1, 0.15) is 29.9 Å². The fraction of sp³-hybridized carbons (Fsp3) is 0.353. The van der Waals surface area contributed by atoms with Crippen molar-refractivity contribution >= 4 is 35.2 Å². The van der Waals surface area contributed by atoms with Crippen molar-refractivity contribution in [1.82, 2.24) is 20.2 Å². The van der Waals surface area contributed by atoms with Gasteiger partial charge in [-0.25, -0.2) is 14.6 Å². The summed E-state index contributed by atoms with van der Waals surface area (Å²) < 4.78 is 4.66. The lowest BCUT2D eigenvalue weighted by Gasteiger charge is -2.36. The van der Waals surface area contributed by atoms with E-state index in [1.165, 1.54) is 7.11 Å². The van der Waals surface area contributed by atoms with Gasteiger partial charge in [0.1, 0.15) is 12.1 Å². The standard InChI is InChI=1S/C17H18Cl2N4O3/c1-9(16(24)26-2)22-17(25)23-7-6-12-14(21-8-20-12)15(23)10-4-3-5-11(18)13(10)19/h3-5,8-9,15H,6-7H2,1-2H3,(H,20,21)(H,22,25)/t9-,15-/m1/s1. The maximum absolute atomic E-state index is 12.8. The third-order valence-electron chi connectivity index (χ3n) is 4.36. The Morgan fingerprint density at radius 2 is 2.19 bits per heavy atom. The number of nitrogens with zero attached hydrogens (tertiary/aromatic N) is 2. The fourth-order valence-corrected chi connectivity index (χ4v) is 3.46. The number of aromatic nitrogens is 2. The first-order chi connectivity index (χ1) is 12.4. The second kappa shape index (κ2) is 7.55. The normalized spacial score (nSPS) is 17.4. The van der Waals surface area contributed by atoms with Crippen molar-refractivity contribution in [3.8, 4) is 0 Å².